The third-order valence-electron chi connectivity index (χ3n) is 2.20. The molecule has 1 aliphatic heterocycles. The molecule has 0 saturated carbocycles. The predicted octanol–water partition coefficient (Wildman–Crippen LogP) is 1.88. The van der Waals surface area contributed by atoms with E-state index in [-0.39, 0.29) is 0 Å². The molecule has 0 aromatic carbocycles. The van der Waals surface area contributed by atoms with Gasteiger partial charge in [-0.05, 0) is 39.3 Å². The van der Waals surface area contributed by atoms with Crippen molar-refractivity contribution >= 4 is 0 Å². The number of hydrogen-bond acceptors (Lipinski definition) is 1. The van der Waals surface area contributed by atoms with Crippen LogP contribution in [-0.2, 0) is 0 Å². The summed E-state index contributed by atoms with van der Waals surface area (Å²) in [5, 5.41) is 0. The van der Waals surface area contributed by atoms with Gasteiger partial charge in [0.15, 0.2) is 0 Å². The Morgan fingerprint density at radius 1 is 1.56 bits per heavy atom. The summed E-state index contributed by atoms with van der Waals surface area (Å²) in [7, 11) is 0. The lowest BCUT2D eigenvalue weighted by Gasteiger charge is -2.19. The molecule has 9 heavy (non-hydrogen) atoms. The fraction of sp³-hybridized carbons (Fsp3) is 1.00. The van der Waals surface area contributed by atoms with Crippen LogP contribution in [0.3, 0.4) is 0 Å². The molecule has 54 valence electrons. The zero-order chi connectivity index (χ0) is 6.69. The summed E-state index contributed by atoms with van der Waals surface area (Å²) in [4.78, 5) is 2.58. The molecule has 1 fully saturated rings. The van der Waals surface area contributed by atoms with Crippen molar-refractivity contribution < 1.29 is 0 Å². The molecule has 0 spiro atoms. The minimum absolute atomic E-state index is 0.866. The van der Waals surface area contributed by atoms with E-state index < -0.39 is 0 Å². The maximum absolute atomic E-state index is 2.58. The van der Waals surface area contributed by atoms with Crippen molar-refractivity contribution in [3.63, 3.8) is 0 Å². The van der Waals surface area contributed by atoms with Crippen LogP contribution in [0.25, 0.3) is 0 Å². The molecule has 1 saturated heterocycles. The Labute approximate surface area is 58.0 Å². The van der Waals surface area contributed by atoms with E-state index in [1.807, 2.05) is 0 Å². The van der Waals surface area contributed by atoms with Crippen molar-refractivity contribution in [2.75, 3.05) is 13.1 Å². The van der Waals surface area contributed by atoms with E-state index in [2.05, 4.69) is 18.7 Å². The normalized spacial score (nSPS) is 29.3. The Hall–Kier alpha value is -0.0400. The van der Waals surface area contributed by atoms with Crippen molar-refractivity contribution in [2.45, 2.75) is 39.2 Å². The zero-order valence-electron chi connectivity index (χ0n) is 6.56. The first-order valence-electron chi connectivity index (χ1n) is 4.08. The Kier molecular flexibility index (Phi) is 2.52. The lowest BCUT2D eigenvalue weighted by Crippen LogP contribution is -2.27. The van der Waals surface area contributed by atoms with Crippen molar-refractivity contribution in [1.29, 1.82) is 0 Å². The van der Waals surface area contributed by atoms with Gasteiger partial charge >= 0.3 is 0 Å². The molecule has 1 heteroatoms. The van der Waals surface area contributed by atoms with Crippen LogP contribution >= 0.6 is 0 Å². The average Bonchev–Trinajstić information content (AvgIpc) is 2.18. The second-order valence-corrected chi connectivity index (χ2v) is 3.03. The first-order chi connectivity index (χ1) is 4.34. The monoisotopic (exact) mass is 127 g/mol. The Balaban J connectivity index is 2.22. The highest BCUT2D eigenvalue weighted by Gasteiger charge is 2.17. The van der Waals surface area contributed by atoms with E-state index in [0.717, 1.165) is 6.04 Å². The summed E-state index contributed by atoms with van der Waals surface area (Å²) >= 11 is 0. The fourth-order valence-electron chi connectivity index (χ4n) is 1.61. The molecule has 0 aromatic rings. The van der Waals surface area contributed by atoms with E-state index in [1.165, 1.54) is 32.4 Å². The summed E-state index contributed by atoms with van der Waals surface area (Å²) in [6.45, 7) is 7.24. The van der Waals surface area contributed by atoms with Gasteiger partial charge in [-0.1, -0.05) is 6.92 Å². The van der Waals surface area contributed by atoms with Crippen LogP contribution in [-0.4, -0.2) is 24.0 Å². The minimum Gasteiger partial charge on any atom is -0.301 e. The van der Waals surface area contributed by atoms with Crippen molar-refractivity contribution in [1.82, 2.24) is 4.90 Å². The van der Waals surface area contributed by atoms with Crippen LogP contribution in [0.15, 0.2) is 0 Å². The van der Waals surface area contributed by atoms with Crippen LogP contribution < -0.4 is 0 Å². The molecule has 0 amide bonds. The molecule has 1 heterocycles. The lowest BCUT2D eigenvalue weighted by atomic mass is 10.2. The summed E-state index contributed by atoms with van der Waals surface area (Å²) in [6, 6.07) is 0.866. The molecule has 1 aliphatic rings. The average molecular weight is 127 g/mol. The topological polar surface area (TPSA) is 3.24 Å². The van der Waals surface area contributed by atoms with Gasteiger partial charge in [0.25, 0.3) is 0 Å². The van der Waals surface area contributed by atoms with Gasteiger partial charge in [-0.2, -0.15) is 0 Å². The summed E-state index contributed by atoms with van der Waals surface area (Å²) in [5.41, 5.74) is 0. The van der Waals surface area contributed by atoms with Gasteiger partial charge in [0, 0.05) is 6.04 Å². The van der Waals surface area contributed by atoms with E-state index >= 15 is 0 Å². The van der Waals surface area contributed by atoms with E-state index in [9.17, 15) is 0 Å². The number of likely N-dealkylation sites (tertiary alicyclic amines) is 1. The van der Waals surface area contributed by atoms with Crippen LogP contribution in [0.5, 0.6) is 0 Å². The third kappa shape index (κ3) is 1.68. The Bertz CT molecular complexity index is 80.6. The van der Waals surface area contributed by atoms with Crippen LogP contribution in [0.2, 0.25) is 0 Å². The van der Waals surface area contributed by atoms with Gasteiger partial charge in [-0.15, -0.1) is 0 Å². The minimum atomic E-state index is 0.866. The van der Waals surface area contributed by atoms with E-state index in [0.29, 0.717) is 0 Å². The fourth-order valence-corrected chi connectivity index (χ4v) is 1.61. The van der Waals surface area contributed by atoms with Crippen molar-refractivity contribution in [3.8, 4) is 0 Å². The Morgan fingerprint density at radius 2 is 2.33 bits per heavy atom. The number of hydrogen-bond donors (Lipinski definition) is 0. The molecule has 1 rings (SSSR count). The SMILES string of the molecule is CCCN1CCC[C@@H]1C. The van der Waals surface area contributed by atoms with Crippen molar-refractivity contribution in [3.05, 3.63) is 0 Å². The van der Waals surface area contributed by atoms with E-state index in [4.69, 9.17) is 0 Å². The first kappa shape index (κ1) is 7.07. The summed E-state index contributed by atoms with van der Waals surface area (Å²) < 4.78 is 0. The quantitative estimate of drug-likeness (QED) is 0.547. The van der Waals surface area contributed by atoms with Crippen LogP contribution in [0, 0.1) is 0 Å². The third-order valence-corrected chi connectivity index (χ3v) is 2.20. The molecule has 0 radical (unpaired) electrons. The predicted molar refractivity (Wildman–Crippen MR) is 40.6 cm³/mol. The smallest absolute Gasteiger partial charge is 0.00673 e. The maximum atomic E-state index is 2.58. The number of rotatable bonds is 2. The van der Waals surface area contributed by atoms with E-state index in [1.54, 1.807) is 0 Å². The van der Waals surface area contributed by atoms with Gasteiger partial charge < -0.3 is 4.90 Å². The maximum Gasteiger partial charge on any atom is 0.00673 e. The number of nitrogens with zero attached hydrogens (tertiary/aromatic N) is 1. The summed E-state index contributed by atoms with van der Waals surface area (Å²) in [5.74, 6) is 0. The molecule has 1 atom stereocenters. The largest absolute Gasteiger partial charge is 0.301 e. The van der Waals surface area contributed by atoms with Gasteiger partial charge in [0.1, 0.15) is 0 Å². The molecule has 0 bridgehead atoms. The molecule has 0 aromatic heterocycles. The summed E-state index contributed by atoms with van der Waals surface area (Å²) in [6.07, 6.45) is 4.14. The molecule has 0 aliphatic carbocycles. The second-order valence-electron chi connectivity index (χ2n) is 3.03. The molecule has 0 N–H and O–H groups in total. The van der Waals surface area contributed by atoms with Gasteiger partial charge in [0.05, 0.1) is 0 Å². The van der Waals surface area contributed by atoms with Gasteiger partial charge in [-0.25, -0.2) is 0 Å². The Morgan fingerprint density at radius 3 is 2.78 bits per heavy atom. The van der Waals surface area contributed by atoms with Crippen LogP contribution in [0.4, 0.5) is 0 Å². The lowest BCUT2D eigenvalue weighted by molar-refractivity contribution is 0.269. The van der Waals surface area contributed by atoms with Gasteiger partial charge in [-0.3, -0.25) is 0 Å². The first-order valence-corrected chi connectivity index (χ1v) is 4.08. The molecule has 1 nitrogen and oxygen atoms in total. The molecule has 0 unspecified atom stereocenters. The highest BCUT2D eigenvalue weighted by molar-refractivity contribution is 4.73. The molecular formula is C8H17N. The highest BCUT2D eigenvalue weighted by atomic mass is 15.2. The molecular weight excluding hydrogens is 110 g/mol. The van der Waals surface area contributed by atoms with Crippen molar-refractivity contribution in [2.24, 2.45) is 0 Å². The van der Waals surface area contributed by atoms with Gasteiger partial charge in [0.2, 0.25) is 0 Å². The second kappa shape index (κ2) is 3.21. The van der Waals surface area contributed by atoms with Crippen LogP contribution in [0.1, 0.15) is 33.1 Å². The standard InChI is InChI=1S/C8H17N/c1-3-6-9-7-4-5-8(9)2/h8H,3-7H2,1-2H3/t8-/m0/s1. The highest BCUT2D eigenvalue weighted by Crippen LogP contribution is 2.15. The zero-order valence-corrected chi connectivity index (χ0v) is 6.56.